The summed E-state index contributed by atoms with van der Waals surface area (Å²) in [7, 11) is 0. The highest BCUT2D eigenvalue weighted by atomic mass is 35.5. The fourth-order valence-electron chi connectivity index (χ4n) is 3.56. The minimum atomic E-state index is -0.105. The van der Waals surface area contributed by atoms with Gasteiger partial charge in [0.05, 0.1) is 0 Å². The van der Waals surface area contributed by atoms with Gasteiger partial charge in [-0.25, -0.2) is 0 Å². The molecular formula is C20H26ClN3O2. The van der Waals surface area contributed by atoms with Crippen molar-refractivity contribution in [3.63, 3.8) is 0 Å². The molecule has 0 aliphatic carbocycles. The van der Waals surface area contributed by atoms with Crippen molar-refractivity contribution in [3.05, 3.63) is 35.2 Å². The second-order valence-corrected chi connectivity index (χ2v) is 7.34. The standard InChI is InChI=1S/C20H26ClN3O2/c1-3-5-7-14(4-2)20(25)24-13-6-8-17(24)19-22-18(23-26-19)15-9-11-16(21)12-10-15/h9-12,14,17H,3-8,13H2,1-2H3/t14-,17+/m0/s1. The Kier molecular flexibility index (Phi) is 6.30. The highest BCUT2D eigenvalue weighted by molar-refractivity contribution is 6.30. The second-order valence-electron chi connectivity index (χ2n) is 6.90. The van der Waals surface area contributed by atoms with Crippen molar-refractivity contribution in [1.29, 1.82) is 0 Å². The maximum atomic E-state index is 13.0. The Balaban J connectivity index is 1.76. The molecule has 2 heterocycles. The summed E-state index contributed by atoms with van der Waals surface area (Å²) in [4.78, 5) is 19.5. The number of rotatable bonds is 7. The monoisotopic (exact) mass is 375 g/mol. The molecule has 3 rings (SSSR count). The molecule has 0 spiro atoms. The molecule has 2 atom stereocenters. The molecule has 0 saturated carbocycles. The zero-order valence-corrected chi connectivity index (χ0v) is 16.2. The van der Waals surface area contributed by atoms with Crippen LogP contribution in [0.3, 0.4) is 0 Å². The summed E-state index contributed by atoms with van der Waals surface area (Å²) >= 11 is 5.93. The van der Waals surface area contributed by atoms with Gasteiger partial charge in [0.2, 0.25) is 17.6 Å². The van der Waals surface area contributed by atoms with E-state index in [9.17, 15) is 4.79 Å². The Hall–Kier alpha value is -1.88. The lowest BCUT2D eigenvalue weighted by Gasteiger charge is -2.26. The van der Waals surface area contributed by atoms with E-state index in [4.69, 9.17) is 16.1 Å². The minimum absolute atomic E-state index is 0.0919. The Labute approximate surface area is 159 Å². The van der Waals surface area contributed by atoms with Gasteiger partial charge in [0, 0.05) is 23.0 Å². The van der Waals surface area contributed by atoms with E-state index >= 15 is 0 Å². The molecule has 1 aliphatic rings. The van der Waals surface area contributed by atoms with Gasteiger partial charge < -0.3 is 9.42 Å². The topological polar surface area (TPSA) is 59.2 Å². The molecule has 0 unspecified atom stereocenters. The lowest BCUT2D eigenvalue weighted by Crippen LogP contribution is -2.35. The van der Waals surface area contributed by atoms with Crippen molar-refractivity contribution >= 4 is 17.5 Å². The van der Waals surface area contributed by atoms with Gasteiger partial charge in [0.15, 0.2) is 0 Å². The average Bonchev–Trinajstić information content (AvgIpc) is 3.32. The van der Waals surface area contributed by atoms with Crippen LogP contribution in [0.2, 0.25) is 5.02 Å². The molecule has 2 aromatic rings. The van der Waals surface area contributed by atoms with Gasteiger partial charge in [-0.15, -0.1) is 0 Å². The average molecular weight is 376 g/mol. The molecule has 140 valence electrons. The molecule has 1 saturated heterocycles. The first kappa shape index (κ1) is 18.9. The zero-order chi connectivity index (χ0) is 18.5. The van der Waals surface area contributed by atoms with E-state index in [1.165, 1.54) is 0 Å². The number of nitrogens with zero attached hydrogens (tertiary/aromatic N) is 3. The van der Waals surface area contributed by atoms with Crippen molar-refractivity contribution in [3.8, 4) is 11.4 Å². The van der Waals surface area contributed by atoms with Crippen LogP contribution in [0, 0.1) is 5.92 Å². The van der Waals surface area contributed by atoms with Crippen LogP contribution in [0.25, 0.3) is 11.4 Å². The Bertz CT molecular complexity index is 729. The highest BCUT2D eigenvalue weighted by Crippen LogP contribution is 2.34. The third kappa shape index (κ3) is 4.09. The number of benzene rings is 1. The first-order chi connectivity index (χ1) is 12.6. The molecule has 1 amide bonds. The Morgan fingerprint density at radius 3 is 2.81 bits per heavy atom. The van der Waals surface area contributed by atoms with Gasteiger partial charge in [-0.1, -0.05) is 43.4 Å². The summed E-state index contributed by atoms with van der Waals surface area (Å²) in [5, 5.41) is 4.77. The van der Waals surface area contributed by atoms with Crippen LogP contribution in [0.5, 0.6) is 0 Å². The predicted octanol–water partition coefficient (Wildman–Crippen LogP) is 5.27. The SMILES string of the molecule is CCCC[C@H](CC)C(=O)N1CCC[C@@H]1c1nc(-c2ccc(Cl)cc2)no1. The summed E-state index contributed by atoms with van der Waals surface area (Å²) in [5.74, 6) is 1.39. The first-order valence-corrected chi connectivity index (χ1v) is 9.91. The fourth-order valence-corrected chi connectivity index (χ4v) is 3.69. The van der Waals surface area contributed by atoms with Gasteiger partial charge in [-0.05, 0) is 49.9 Å². The largest absolute Gasteiger partial charge is 0.337 e. The van der Waals surface area contributed by atoms with Gasteiger partial charge in [-0.2, -0.15) is 4.98 Å². The van der Waals surface area contributed by atoms with Crippen molar-refractivity contribution < 1.29 is 9.32 Å². The van der Waals surface area contributed by atoms with Crippen molar-refractivity contribution in [1.82, 2.24) is 15.0 Å². The number of unbranched alkanes of at least 4 members (excludes halogenated alkanes) is 1. The Morgan fingerprint density at radius 1 is 1.35 bits per heavy atom. The summed E-state index contributed by atoms with van der Waals surface area (Å²) in [6.07, 6.45) is 5.87. The second kappa shape index (κ2) is 8.67. The number of carbonyl (C=O) groups excluding carboxylic acids is 1. The highest BCUT2D eigenvalue weighted by Gasteiger charge is 2.36. The van der Waals surface area contributed by atoms with Crippen LogP contribution in [0.15, 0.2) is 28.8 Å². The molecular weight excluding hydrogens is 350 g/mol. The maximum Gasteiger partial charge on any atom is 0.249 e. The van der Waals surface area contributed by atoms with E-state index in [1.54, 1.807) is 12.1 Å². The van der Waals surface area contributed by atoms with E-state index in [2.05, 4.69) is 24.0 Å². The third-order valence-electron chi connectivity index (χ3n) is 5.11. The van der Waals surface area contributed by atoms with E-state index in [0.717, 1.165) is 50.6 Å². The lowest BCUT2D eigenvalue weighted by atomic mass is 9.97. The van der Waals surface area contributed by atoms with Crippen LogP contribution >= 0.6 is 11.6 Å². The van der Waals surface area contributed by atoms with Gasteiger partial charge >= 0.3 is 0 Å². The molecule has 0 bridgehead atoms. The van der Waals surface area contributed by atoms with E-state index in [0.29, 0.717) is 16.7 Å². The van der Waals surface area contributed by atoms with Crippen molar-refractivity contribution in [2.45, 2.75) is 58.4 Å². The molecule has 6 heteroatoms. The van der Waals surface area contributed by atoms with E-state index < -0.39 is 0 Å². The number of hydrogen-bond donors (Lipinski definition) is 0. The zero-order valence-electron chi connectivity index (χ0n) is 15.4. The summed E-state index contributed by atoms with van der Waals surface area (Å²) in [5.41, 5.74) is 0.856. The van der Waals surface area contributed by atoms with Crippen molar-refractivity contribution in [2.24, 2.45) is 5.92 Å². The van der Waals surface area contributed by atoms with Gasteiger partial charge in [-0.3, -0.25) is 4.79 Å². The van der Waals surface area contributed by atoms with Crippen LogP contribution in [0.4, 0.5) is 0 Å². The fraction of sp³-hybridized carbons (Fsp3) is 0.550. The molecule has 0 radical (unpaired) electrons. The molecule has 1 aliphatic heterocycles. The van der Waals surface area contributed by atoms with E-state index in [1.807, 2.05) is 17.0 Å². The number of amides is 1. The normalized spacial score (nSPS) is 18.3. The summed E-state index contributed by atoms with van der Waals surface area (Å²) < 4.78 is 5.52. The number of hydrogen-bond acceptors (Lipinski definition) is 4. The molecule has 26 heavy (non-hydrogen) atoms. The van der Waals surface area contributed by atoms with E-state index in [-0.39, 0.29) is 17.9 Å². The quantitative estimate of drug-likeness (QED) is 0.661. The summed E-state index contributed by atoms with van der Waals surface area (Å²) in [6, 6.07) is 7.24. The number of halogens is 1. The van der Waals surface area contributed by atoms with Crippen molar-refractivity contribution in [2.75, 3.05) is 6.54 Å². The number of carbonyl (C=O) groups is 1. The third-order valence-corrected chi connectivity index (χ3v) is 5.37. The van der Waals surface area contributed by atoms with Crippen LogP contribution in [-0.2, 0) is 4.79 Å². The van der Waals surface area contributed by atoms with Crippen LogP contribution < -0.4 is 0 Å². The first-order valence-electron chi connectivity index (χ1n) is 9.54. The van der Waals surface area contributed by atoms with Crippen LogP contribution in [-0.4, -0.2) is 27.5 Å². The number of likely N-dealkylation sites (tertiary alicyclic amines) is 1. The molecule has 1 fully saturated rings. The smallest absolute Gasteiger partial charge is 0.249 e. The molecule has 1 aromatic carbocycles. The van der Waals surface area contributed by atoms with Crippen LogP contribution in [0.1, 0.15) is 64.3 Å². The number of aromatic nitrogens is 2. The van der Waals surface area contributed by atoms with Gasteiger partial charge in [0.25, 0.3) is 0 Å². The minimum Gasteiger partial charge on any atom is -0.337 e. The lowest BCUT2D eigenvalue weighted by molar-refractivity contribution is -0.137. The molecule has 1 aromatic heterocycles. The molecule has 5 nitrogen and oxygen atoms in total. The summed E-state index contributed by atoms with van der Waals surface area (Å²) in [6.45, 7) is 5.02. The molecule has 0 N–H and O–H groups in total. The Morgan fingerprint density at radius 2 is 2.12 bits per heavy atom. The van der Waals surface area contributed by atoms with Gasteiger partial charge in [0.1, 0.15) is 6.04 Å². The maximum absolute atomic E-state index is 13.0. The predicted molar refractivity (Wildman–Crippen MR) is 102 cm³/mol.